The predicted molar refractivity (Wildman–Crippen MR) is 178 cm³/mol. The molecular weight excluding hydrogens is 606 g/mol. The number of nitrogens with zero attached hydrogens (tertiary/aromatic N) is 5. The van der Waals surface area contributed by atoms with Crippen molar-refractivity contribution in [3.63, 3.8) is 0 Å². The smallest absolute Gasteiger partial charge is 0.253 e. The van der Waals surface area contributed by atoms with Crippen molar-refractivity contribution in [3.05, 3.63) is 59.9 Å². The molecule has 0 radical (unpaired) electrons. The highest BCUT2D eigenvalue weighted by Crippen LogP contribution is 2.54. The number of anilines is 2. The molecule has 1 fully saturated rings. The fourth-order valence-electron chi connectivity index (χ4n) is 5.97. The van der Waals surface area contributed by atoms with Gasteiger partial charge in [-0.25, -0.2) is 15.0 Å². The number of hydrogen-bond donors (Lipinski definition) is 6. The van der Waals surface area contributed by atoms with Gasteiger partial charge in [0.25, 0.3) is 5.91 Å². The van der Waals surface area contributed by atoms with Crippen molar-refractivity contribution in [2.75, 3.05) is 31.8 Å². The second-order valence-corrected chi connectivity index (χ2v) is 19.0. The number of phenolic OH excluding ortho intramolecular Hbond substituents is 1. The third-order valence-electron chi connectivity index (χ3n) is 9.50. The van der Waals surface area contributed by atoms with Crippen LogP contribution in [-0.4, -0.2) is 97.8 Å². The number of fused-ring (bicyclic) bond motifs is 1. The number of aromatic hydroxyl groups is 1. The van der Waals surface area contributed by atoms with Crippen LogP contribution in [0.15, 0.2) is 48.8 Å². The Bertz CT molecular complexity index is 1750. The normalized spacial score (nSPS) is 21.9. The number of nitrogens with one attached hydrogen (secondary N) is 1. The third-order valence-corrected chi connectivity index (χ3v) is 15.7. The van der Waals surface area contributed by atoms with Crippen molar-refractivity contribution in [1.29, 1.82) is 0 Å². The number of benzene rings is 2. The second kappa shape index (κ2) is 11.9. The topological polar surface area (TPSA) is 192 Å². The number of carbonyl (C=O) groups is 1. The molecule has 1 aliphatic rings. The van der Waals surface area contributed by atoms with Gasteiger partial charge in [0.2, 0.25) is 5.95 Å². The summed E-state index contributed by atoms with van der Waals surface area (Å²) in [5, 5.41) is 44.8. The van der Waals surface area contributed by atoms with Crippen molar-refractivity contribution < 1.29 is 30.0 Å². The SMILES string of the molecule is CN(C)C(=O)c1cc(O)cc(-c2ccc(CNc3nc4c(N)ncnc4n3[C@]3([Si](C)(C)C(C)(C)C)O[C@H](CO)[C@@H](O)[C@H]3O)cc2)c1. The number of phenols is 1. The number of rotatable bonds is 8. The van der Waals surface area contributed by atoms with E-state index in [1.807, 2.05) is 24.3 Å². The molecule has 7 N–H and O–H groups in total. The lowest BCUT2D eigenvalue weighted by molar-refractivity contribution is -0.0938. The van der Waals surface area contributed by atoms with Crippen LogP contribution in [-0.2, 0) is 16.6 Å². The Morgan fingerprint density at radius 2 is 1.78 bits per heavy atom. The Hall–Kier alpha value is -4.08. The summed E-state index contributed by atoms with van der Waals surface area (Å²) in [5.41, 5.74) is 9.65. The summed E-state index contributed by atoms with van der Waals surface area (Å²) in [6.45, 7) is 10.2. The summed E-state index contributed by atoms with van der Waals surface area (Å²) < 4.78 is 8.26. The van der Waals surface area contributed by atoms with Crippen molar-refractivity contribution in [2.24, 2.45) is 0 Å². The van der Waals surface area contributed by atoms with Gasteiger partial charge >= 0.3 is 0 Å². The molecule has 3 heterocycles. The molecule has 1 amide bonds. The Labute approximate surface area is 268 Å². The van der Waals surface area contributed by atoms with E-state index in [0.29, 0.717) is 34.8 Å². The van der Waals surface area contributed by atoms with Crippen LogP contribution in [0.3, 0.4) is 0 Å². The average molecular weight is 650 g/mol. The van der Waals surface area contributed by atoms with E-state index in [2.05, 4.69) is 49.1 Å². The van der Waals surface area contributed by atoms with Crippen LogP contribution in [0.25, 0.3) is 22.3 Å². The molecule has 0 saturated carbocycles. The lowest BCUT2D eigenvalue weighted by Crippen LogP contribution is -2.66. The number of imidazole rings is 1. The van der Waals surface area contributed by atoms with Gasteiger partial charge in [0.05, 0.1) is 6.61 Å². The number of aromatic nitrogens is 4. The first kappa shape index (κ1) is 33.3. The van der Waals surface area contributed by atoms with Gasteiger partial charge in [0, 0.05) is 26.2 Å². The quantitative estimate of drug-likeness (QED) is 0.154. The van der Waals surface area contributed by atoms with Gasteiger partial charge in [-0.2, -0.15) is 0 Å². The lowest BCUT2D eigenvalue weighted by Gasteiger charge is -2.52. The fraction of sp³-hybridized carbons (Fsp3) is 0.438. The zero-order valence-corrected chi connectivity index (χ0v) is 28.2. The Balaban J connectivity index is 1.56. The molecule has 4 aromatic rings. The maximum absolute atomic E-state index is 12.5. The minimum Gasteiger partial charge on any atom is -0.508 e. The molecule has 0 unspecified atom stereocenters. The third kappa shape index (κ3) is 5.39. The van der Waals surface area contributed by atoms with Crippen LogP contribution >= 0.6 is 0 Å². The maximum Gasteiger partial charge on any atom is 0.253 e. The molecule has 0 spiro atoms. The Morgan fingerprint density at radius 3 is 2.37 bits per heavy atom. The highest BCUT2D eigenvalue weighted by atomic mass is 28.3. The highest BCUT2D eigenvalue weighted by Gasteiger charge is 2.67. The first-order chi connectivity index (χ1) is 21.5. The highest BCUT2D eigenvalue weighted by molar-refractivity contribution is 6.82. The van der Waals surface area contributed by atoms with Crippen LogP contribution in [0, 0.1) is 0 Å². The minimum atomic E-state index is -2.84. The maximum atomic E-state index is 12.5. The molecule has 2 aromatic heterocycles. The summed E-state index contributed by atoms with van der Waals surface area (Å²) in [5.74, 6) is 0.235. The number of hydrogen-bond acceptors (Lipinski definition) is 11. The van der Waals surface area contributed by atoms with Crippen LogP contribution in [0.4, 0.5) is 11.8 Å². The number of carbonyl (C=O) groups excluding carboxylic acids is 1. The number of ether oxygens (including phenoxy) is 1. The number of aliphatic hydroxyl groups excluding tert-OH is 3. The summed E-state index contributed by atoms with van der Waals surface area (Å²) in [6.07, 6.45) is -2.49. The molecular formula is C32H43N7O6Si. The molecule has 14 heteroatoms. The van der Waals surface area contributed by atoms with Crippen molar-refractivity contribution in [1.82, 2.24) is 24.4 Å². The summed E-state index contributed by atoms with van der Waals surface area (Å²) in [6, 6.07) is 12.4. The monoisotopic (exact) mass is 649 g/mol. The van der Waals surface area contributed by atoms with Gasteiger partial charge in [-0.3, -0.25) is 9.36 Å². The summed E-state index contributed by atoms with van der Waals surface area (Å²) in [4.78, 5) is 27.3. The van der Waals surface area contributed by atoms with Gasteiger partial charge < -0.3 is 41.1 Å². The van der Waals surface area contributed by atoms with Gasteiger partial charge in [-0.15, -0.1) is 0 Å². The fourth-order valence-corrected chi connectivity index (χ4v) is 9.17. The molecule has 4 atom stereocenters. The number of nitrogen functional groups attached to an aromatic ring is 1. The molecule has 1 saturated heterocycles. The van der Waals surface area contributed by atoms with E-state index in [9.17, 15) is 25.2 Å². The van der Waals surface area contributed by atoms with Gasteiger partial charge in [0.15, 0.2) is 22.3 Å². The van der Waals surface area contributed by atoms with E-state index in [4.69, 9.17) is 15.5 Å². The minimum absolute atomic E-state index is 0.00440. The summed E-state index contributed by atoms with van der Waals surface area (Å²) in [7, 11) is 0.471. The summed E-state index contributed by atoms with van der Waals surface area (Å²) >= 11 is 0. The number of amides is 1. The first-order valence-electron chi connectivity index (χ1n) is 15.1. The van der Waals surface area contributed by atoms with E-state index < -0.39 is 38.3 Å². The van der Waals surface area contributed by atoms with Crippen LogP contribution < -0.4 is 11.1 Å². The molecule has 0 aliphatic carbocycles. The van der Waals surface area contributed by atoms with E-state index in [-0.39, 0.29) is 22.5 Å². The molecule has 13 nitrogen and oxygen atoms in total. The largest absolute Gasteiger partial charge is 0.508 e. The second-order valence-electron chi connectivity index (χ2n) is 13.6. The van der Waals surface area contributed by atoms with Gasteiger partial charge in [-0.1, -0.05) is 58.1 Å². The van der Waals surface area contributed by atoms with Crippen molar-refractivity contribution in [3.8, 4) is 16.9 Å². The average Bonchev–Trinajstić information content (AvgIpc) is 3.50. The van der Waals surface area contributed by atoms with Crippen LogP contribution in [0.2, 0.25) is 18.1 Å². The first-order valence-corrected chi connectivity index (χ1v) is 18.1. The number of aliphatic hydroxyl groups is 3. The molecule has 2 aromatic carbocycles. The predicted octanol–water partition coefficient (Wildman–Crippen LogP) is 2.91. The molecule has 246 valence electrons. The van der Waals surface area contributed by atoms with E-state index in [0.717, 1.165) is 11.1 Å². The Morgan fingerprint density at radius 1 is 1.11 bits per heavy atom. The van der Waals surface area contributed by atoms with E-state index >= 15 is 0 Å². The molecule has 46 heavy (non-hydrogen) atoms. The lowest BCUT2D eigenvalue weighted by atomic mass is 10.0. The molecule has 5 rings (SSSR count). The van der Waals surface area contributed by atoms with E-state index in [1.54, 1.807) is 30.8 Å². The zero-order chi connectivity index (χ0) is 33.8. The van der Waals surface area contributed by atoms with Gasteiger partial charge in [-0.05, 0) is 39.9 Å². The Kier molecular flexibility index (Phi) is 8.63. The molecule has 0 bridgehead atoms. The van der Waals surface area contributed by atoms with E-state index in [1.165, 1.54) is 17.3 Å². The van der Waals surface area contributed by atoms with Crippen LogP contribution in [0.5, 0.6) is 5.75 Å². The zero-order valence-electron chi connectivity index (χ0n) is 27.2. The number of nitrogens with two attached hydrogens (primary N) is 1. The van der Waals surface area contributed by atoms with Crippen molar-refractivity contribution in [2.45, 2.75) is 69.1 Å². The molecule has 1 aliphatic heterocycles. The van der Waals surface area contributed by atoms with Gasteiger partial charge in [0.1, 0.15) is 38.5 Å². The standard InChI is InChI=1S/C32H43N7O6Si/c1-31(2,3)46(6,7)32(26(43)25(42)23(16-40)45-32)39-28-24(27(33)35-17-36-28)37-30(39)34-15-18-8-10-19(11-9-18)20-12-21(14-22(41)13-20)29(44)38(4)5/h8-14,17,23,25-26,40-43H,15-16H2,1-7H3,(H,34,37)(H2,33,35,36)/t23-,25-,26-,32+/m1/s1. The van der Waals surface area contributed by atoms with Crippen molar-refractivity contribution >= 4 is 36.9 Å². The van der Waals surface area contributed by atoms with Crippen LogP contribution in [0.1, 0.15) is 36.7 Å².